The van der Waals surface area contributed by atoms with E-state index in [2.05, 4.69) is 6.58 Å². The Bertz CT molecular complexity index is 840. The molecule has 25 heavy (non-hydrogen) atoms. The van der Waals surface area contributed by atoms with Gasteiger partial charge < -0.3 is 19.4 Å². The second-order valence-electron chi connectivity index (χ2n) is 7.45. The third-order valence-electron chi connectivity index (χ3n) is 4.57. The first-order chi connectivity index (χ1) is 11.5. The van der Waals surface area contributed by atoms with E-state index in [1.165, 1.54) is 7.11 Å². The summed E-state index contributed by atoms with van der Waals surface area (Å²) in [5.74, 6) is 0.495. The van der Waals surface area contributed by atoms with E-state index in [0.29, 0.717) is 16.9 Å². The summed E-state index contributed by atoms with van der Waals surface area (Å²) in [5.41, 5.74) is -0.536. The molecule has 0 saturated heterocycles. The first-order valence-electron chi connectivity index (χ1n) is 8.19. The Balaban J connectivity index is 2.62. The van der Waals surface area contributed by atoms with Gasteiger partial charge in [0.05, 0.1) is 18.8 Å². The molecule has 0 saturated carbocycles. The molecule has 1 aromatic heterocycles. The molecule has 0 aliphatic rings. The Hall–Kier alpha value is -2.11. The lowest BCUT2D eigenvalue weighted by molar-refractivity contribution is -0.0471. The molecule has 2 aromatic rings. The van der Waals surface area contributed by atoms with Gasteiger partial charge in [-0.3, -0.25) is 0 Å². The van der Waals surface area contributed by atoms with Crippen LogP contribution in [0.1, 0.15) is 38.8 Å². The van der Waals surface area contributed by atoms with Crippen molar-refractivity contribution in [1.29, 1.82) is 0 Å². The van der Waals surface area contributed by atoms with E-state index in [1.54, 1.807) is 32.1 Å². The van der Waals surface area contributed by atoms with Gasteiger partial charge >= 0.3 is 5.63 Å². The molecule has 2 rings (SSSR count). The van der Waals surface area contributed by atoms with Crippen molar-refractivity contribution in [2.45, 2.75) is 51.2 Å². The molecule has 1 heterocycles. The van der Waals surface area contributed by atoms with Crippen LogP contribution in [0.5, 0.6) is 5.75 Å². The monoisotopic (exact) mass is 346 g/mol. The first kappa shape index (κ1) is 19.2. The molecule has 2 N–H and O–H groups in total. The number of rotatable bonds is 6. The fourth-order valence-electron chi connectivity index (χ4n) is 2.56. The number of fused-ring (bicyclic) bond motifs is 1. The summed E-state index contributed by atoms with van der Waals surface area (Å²) < 4.78 is 10.8. The van der Waals surface area contributed by atoms with E-state index in [-0.39, 0.29) is 6.42 Å². The molecular formula is C20H26O5. The van der Waals surface area contributed by atoms with Crippen LogP contribution in [0.25, 0.3) is 11.0 Å². The van der Waals surface area contributed by atoms with Crippen molar-refractivity contribution in [2.75, 3.05) is 7.11 Å². The van der Waals surface area contributed by atoms with Crippen LogP contribution in [0.15, 0.2) is 40.1 Å². The average molecular weight is 346 g/mol. The van der Waals surface area contributed by atoms with Crippen LogP contribution in [0, 0.1) is 0 Å². The van der Waals surface area contributed by atoms with Crippen LogP contribution in [0.3, 0.4) is 0 Å². The number of hydrogen-bond acceptors (Lipinski definition) is 5. The summed E-state index contributed by atoms with van der Waals surface area (Å²) in [4.78, 5) is 12.3. The van der Waals surface area contributed by atoms with Gasteiger partial charge in [-0.1, -0.05) is 19.9 Å². The fourth-order valence-corrected chi connectivity index (χ4v) is 2.56. The SMILES string of the molecule is C=CC(C)(C)c1cc2cc(CC(O)C(C)(C)O)c(OC)cc2oc1=O. The Morgan fingerprint density at radius 2 is 1.92 bits per heavy atom. The largest absolute Gasteiger partial charge is 0.496 e. The highest BCUT2D eigenvalue weighted by Gasteiger charge is 2.27. The summed E-state index contributed by atoms with van der Waals surface area (Å²) in [7, 11) is 1.51. The second-order valence-corrected chi connectivity index (χ2v) is 7.45. The molecule has 1 unspecified atom stereocenters. The lowest BCUT2D eigenvalue weighted by Crippen LogP contribution is -2.37. The fraction of sp³-hybridized carbons (Fsp3) is 0.450. The van der Waals surface area contributed by atoms with Gasteiger partial charge in [-0.15, -0.1) is 6.58 Å². The topological polar surface area (TPSA) is 79.9 Å². The van der Waals surface area contributed by atoms with Crippen molar-refractivity contribution in [3.8, 4) is 5.75 Å². The molecule has 0 aliphatic heterocycles. The lowest BCUT2D eigenvalue weighted by atomic mass is 9.85. The van der Waals surface area contributed by atoms with E-state index in [1.807, 2.05) is 19.9 Å². The number of allylic oxidation sites excluding steroid dienone is 1. The third-order valence-corrected chi connectivity index (χ3v) is 4.57. The molecule has 0 fully saturated rings. The highest BCUT2D eigenvalue weighted by atomic mass is 16.5. The van der Waals surface area contributed by atoms with Crippen LogP contribution >= 0.6 is 0 Å². The molecule has 0 radical (unpaired) electrons. The lowest BCUT2D eigenvalue weighted by Gasteiger charge is -2.25. The molecule has 0 aliphatic carbocycles. The van der Waals surface area contributed by atoms with Gasteiger partial charge in [0.2, 0.25) is 0 Å². The highest BCUT2D eigenvalue weighted by Crippen LogP contribution is 2.30. The standard InChI is InChI=1S/C20H26O5/c1-7-19(2,3)14-9-12-8-13(10-17(21)20(4,5)23)15(24-6)11-16(12)25-18(14)22/h7-9,11,17,21,23H,1,10H2,2-6H3. The van der Waals surface area contributed by atoms with Crippen molar-refractivity contribution in [3.63, 3.8) is 0 Å². The number of aliphatic hydroxyl groups excluding tert-OH is 1. The van der Waals surface area contributed by atoms with Gasteiger partial charge in [0.15, 0.2) is 0 Å². The van der Waals surface area contributed by atoms with Crippen LogP contribution < -0.4 is 10.4 Å². The number of aliphatic hydroxyl groups is 2. The van der Waals surface area contributed by atoms with Crippen molar-refractivity contribution in [3.05, 3.63) is 52.4 Å². The van der Waals surface area contributed by atoms with Crippen LogP contribution in [0.2, 0.25) is 0 Å². The molecule has 5 nitrogen and oxygen atoms in total. The van der Waals surface area contributed by atoms with Crippen molar-refractivity contribution < 1.29 is 19.4 Å². The molecule has 1 atom stereocenters. The molecule has 1 aromatic carbocycles. The minimum Gasteiger partial charge on any atom is -0.496 e. The Morgan fingerprint density at radius 1 is 1.28 bits per heavy atom. The molecule has 0 amide bonds. The van der Waals surface area contributed by atoms with Crippen LogP contribution in [-0.4, -0.2) is 29.0 Å². The number of methoxy groups -OCH3 is 1. The zero-order valence-electron chi connectivity index (χ0n) is 15.4. The summed E-state index contributed by atoms with van der Waals surface area (Å²) >= 11 is 0. The molecule has 5 heteroatoms. The summed E-state index contributed by atoms with van der Waals surface area (Å²) in [6.07, 6.45) is 0.953. The Labute approximate surface area is 147 Å². The Morgan fingerprint density at radius 3 is 2.44 bits per heavy atom. The van der Waals surface area contributed by atoms with E-state index in [4.69, 9.17) is 9.15 Å². The maximum Gasteiger partial charge on any atom is 0.340 e. The minimum absolute atomic E-state index is 0.210. The predicted octanol–water partition coefficient (Wildman–Crippen LogP) is 2.94. The van der Waals surface area contributed by atoms with E-state index in [0.717, 1.165) is 10.9 Å². The van der Waals surface area contributed by atoms with E-state index in [9.17, 15) is 15.0 Å². The second kappa shape index (κ2) is 6.65. The van der Waals surface area contributed by atoms with Crippen LogP contribution in [-0.2, 0) is 11.8 Å². The summed E-state index contributed by atoms with van der Waals surface area (Å²) in [6.45, 7) is 10.7. The summed E-state index contributed by atoms with van der Waals surface area (Å²) in [5, 5.41) is 20.9. The normalized spacial score (nSPS) is 13.7. The van der Waals surface area contributed by atoms with Crippen molar-refractivity contribution in [1.82, 2.24) is 0 Å². The zero-order chi connectivity index (χ0) is 19.0. The van der Waals surface area contributed by atoms with Gasteiger partial charge in [0, 0.05) is 28.9 Å². The zero-order valence-corrected chi connectivity index (χ0v) is 15.4. The van der Waals surface area contributed by atoms with Gasteiger partial charge in [-0.25, -0.2) is 4.79 Å². The van der Waals surface area contributed by atoms with E-state index < -0.39 is 22.7 Å². The number of hydrogen-bond donors (Lipinski definition) is 2. The molecular weight excluding hydrogens is 320 g/mol. The van der Waals surface area contributed by atoms with Crippen molar-refractivity contribution in [2.24, 2.45) is 0 Å². The predicted molar refractivity (Wildman–Crippen MR) is 98.3 cm³/mol. The molecule has 0 bridgehead atoms. The smallest absolute Gasteiger partial charge is 0.340 e. The van der Waals surface area contributed by atoms with Gasteiger partial charge in [0.25, 0.3) is 0 Å². The maximum atomic E-state index is 12.3. The van der Waals surface area contributed by atoms with Gasteiger partial charge in [-0.05, 0) is 31.5 Å². The van der Waals surface area contributed by atoms with Crippen molar-refractivity contribution >= 4 is 11.0 Å². The quantitative estimate of drug-likeness (QED) is 0.621. The molecule has 136 valence electrons. The highest BCUT2D eigenvalue weighted by molar-refractivity contribution is 5.80. The first-order valence-corrected chi connectivity index (χ1v) is 8.19. The van der Waals surface area contributed by atoms with Gasteiger partial charge in [0.1, 0.15) is 11.3 Å². The minimum atomic E-state index is -1.24. The third kappa shape index (κ3) is 3.94. The average Bonchev–Trinajstić information content (AvgIpc) is 2.52. The Kier molecular flexibility index (Phi) is 5.11. The summed E-state index contributed by atoms with van der Waals surface area (Å²) in [6, 6.07) is 5.23. The maximum absolute atomic E-state index is 12.3. The van der Waals surface area contributed by atoms with E-state index >= 15 is 0 Å². The van der Waals surface area contributed by atoms with Gasteiger partial charge in [-0.2, -0.15) is 0 Å². The van der Waals surface area contributed by atoms with Crippen LogP contribution in [0.4, 0.5) is 0 Å². The number of ether oxygens (including phenoxy) is 1. The number of benzene rings is 1. The molecule has 0 spiro atoms.